The third-order valence-electron chi connectivity index (χ3n) is 3.55. The molecule has 4 heteroatoms. The van der Waals surface area contributed by atoms with E-state index in [0.717, 1.165) is 21.3 Å². The lowest BCUT2D eigenvalue weighted by Crippen LogP contribution is -2.20. The van der Waals surface area contributed by atoms with Gasteiger partial charge in [0.05, 0.1) is 7.11 Å². The molecule has 1 unspecified atom stereocenters. The molecule has 21 heavy (non-hydrogen) atoms. The van der Waals surface area contributed by atoms with Crippen LogP contribution in [0.25, 0.3) is 0 Å². The minimum atomic E-state index is -0.177. The lowest BCUT2D eigenvalue weighted by atomic mass is 9.97. The van der Waals surface area contributed by atoms with E-state index < -0.39 is 0 Å². The number of methoxy groups -OCH3 is 1. The van der Waals surface area contributed by atoms with Crippen LogP contribution < -0.4 is 10.1 Å². The second-order valence-electron chi connectivity index (χ2n) is 5.03. The SMILES string of the molecule is CNC(Cc1cc(Br)ccc1OC)c1ccc(C)cc1F. The van der Waals surface area contributed by atoms with Crippen molar-refractivity contribution in [2.45, 2.75) is 19.4 Å². The molecule has 0 spiro atoms. The third-order valence-corrected chi connectivity index (χ3v) is 4.04. The standard InChI is InChI=1S/C17H19BrFNO/c1-11-4-6-14(15(19)8-11)16(20-2)10-12-9-13(18)5-7-17(12)21-3/h4-9,16,20H,10H2,1-3H3. The van der Waals surface area contributed by atoms with Crippen LogP contribution in [0.5, 0.6) is 5.75 Å². The summed E-state index contributed by atoms with van der Waals surface area (Å²) in [4.78, 5) is 0. The number of benzene rings is 2. The first-order chi connectivity index (χ1) is 10.0. The zero-order valence-corrected chi connectivity index (χ0v) is 14.0. The van der Waals surface area contributed by atoms with Crippen molar-refractivity contribution in [3.05, 3.63) is 63.4 Å². The molecule has 0 amide bonds. The summed E-state index contributed by atoms with van der Waals surface area (Å²) in [7, 11) is 3.49. The van der Waals surface area contributed by atoms with Crippen LogP contribution in [0.2, 0.25) is 0 Å². The van der Waals surface area contributed by atoms with Gasteiger partial charge in [0.25, 0.3) is 0 Å². The molecular formula is C17H19BrFNO. The van der Waals surface area contributed by atoms with Crippen LogP contribution in [-0.4, -0.2) is 14.2 Å². The number of hydrogen-bond acceptors (Lipinski definition) is 2. The van der Waals surface area contributed by atoms with Crippen molar-refractivity contribution in [2.24, 2.45) is 0 Å². The maximum atomic E-state index is 14.2. The van der Waals surface area contributed by atoms with E-state index in [4.69, 9.17) is 4.74 Å². The first-order valence-electron chi connectivity index (χ1n) is 6.81. The van der Waals surface area contributed by atoms with E-state index in [-0.39, 0.29) is 11.9 Å². The molecule has 0 aliphatic carbocycles. The summed E-state index contributed by atoms with van der Waals surface area (Å²) in [5, 5.41) is 3.19. The normalized spacial score (nSPS) is 12.2. The Balaban J connectivity index is 2.33. The Hall–Kier alpha value is -1.39. The number of hydrogen-bond donors (Lipinski definition) is 1. The van der Waals surface area contributed by atoms with E-state index in [1.807, 2.05) is 44.3 Å². The molecule has 2 aromatic carbocycles. The lowest BCUT2D eigenvalue weighted by molar-refractivity contribution is 0.405. The van der Waals surface area contributed by atoms with Crippen molar-refractivity contribution in [1.82, 2.24) is 5.32 Å². The van der Waals surface area contributed by atoms with Crippen molar-refractivity contribution in [1.29, 1.82) is 0 Å². The minimum Gasteiger partial charge on any atom is -0.496 e. The average Bonchev–Trinajstić information content (AvgIpc) is 2.45. The molecule has 0 saturated carbocycles. The van der Waals surface area contributed by atoms with E-state index >= 15 is 0 Å². The molecule has 0 radical (unpaired) electrons. The van der Waals surface area contributed by atoms with Gasteiger partial charge >= 0.3 is 0 Å². The number of nitrogens with one attached hydrogen (secondary N) is 1. The van der Waals surface area contributed by atoms with E-state index in [9.17, 15) is 4.39 Å². The summed E-state index contributed by atoms with van der Waals surface area (Å²) < 4.78 is 20.5. The minimum absolute atomic E-state index is 0.103. The van der Waals surface area contributed by atoms with Crippen LogP contribution in [0, 0.1) is 12.7 Å². The van der Waals surface area contributed by atoms with Gasteiger partial charge in [-0.25, -0.2) is 4.39 Å². The average molecular weight is 352 g/mol. The van der Waals surface area contributed by atoms with E-state index in [1.165, 1.54) is 0 Å². The summed E-state index contributed by atoms with van der Waals surface area (Å²) in [5.74, 6) is 0.634. The summed E-state index contributed by atoms with van der Waals surface area (Å²) in [6.45, 7) is 1.89. The maximum Gasteiger partial charge on any atom is 0.128 e. The van der Waals surface area contributed by atoms with Gasteiger partial charge in [-0.2, -0.15) is 0 Å². The molecule has 1 atom stereocenters. The highest BCUT2D eigenvalue weighted by Crippen LogP contribution is 2.29. The van der Waals surface area contributed by atoms with E-state index in [1.54, 1.807) is 13.2 Å². The number of rotatable bonds is 5. The predicted molar refractivity (Wildman–Crippen MR) is 87.3 cm³/mol. The second-order valence-corrected chi connectivity index (χ2v) is 5.94. The summed E-state index contributed by atoms with van der Waals surface area (Å²) >= 11 is 3.47. The highest BCUT2D eigenvalue weighted by molar-refractivity contribution is 9.10. The first kappa shape index (κ1) is 16.0. The number of halogens is 2. The van der Waals surface area contributed by atoms with Crippen LogP contribution in [0.3, 0.4) is 0 Å². The fourth-order valence-electron chi connectivity index (χ4n) is 2.41. The Bertz CT molecular complexity index is 630. The van der Waals surface area contributed by atoms with Crippen LogP contribution in [0.15, 0.2) is 40.9 Å². The molecule has 0 aliphatic rings. The summed E-state index contributed by atoms with van der Waals surface area (Å²) in [5.41, 5.74) is 2.63. The van der Waals surface area contributed by atoms with Gasteiger partial charge in [0.15, 0.2) is 0 Å². The van der Waals surface area contributed by atoms with Crippen LogP contribution in [0.1, 0.15) is 22.7 Å². The zero-order chi connectivity index (χ0) is 15.4. The van der Waals surface area contributed by atoms with Crippen LogP contribution in [0.4, 0.5) is 4.39 Å². The van der Waals surface area contributed by atoms with Crippen molar-refractivity contribution in [3.63, 3.8) is 0 Å². The number of ether oxygens (including phenoxy) is 1. The molecule has 0 aromatic heterocycles. The van der Waals surface area contributed by atoms with Crippen molar-refractivity contribution in [2.75, 3.05) is 14.2 Å². The van der Waals surface area contributed by atoms with Gasteiger partial charge in [-0.05, 0) is 55.8 Å². The Kier molecular flexibility index (Phi) is 5.37. The van der Waals surface area contributed by atoms with E-state index in [0.29, 0.717) is 12.0 Å². The molecule has 1 N–H and O–H groups in total. The number of likely N-dealkylation sites (N-methyl/N-ethyl adjacent to an activating group) is 1. The third kappa shape index (κ3) is 3.83. The Morgan fingerprint density at radius 2 is 2.00 bits per heavy atom. The first-order valence-corrected chi connectivity index (χ1v) is 7.60. The Morgan fingerprint density at radius 3 is 2.62 bits per heavy atom. The molecule has 0 saturated heterocycles. The Morgan fingerprint density at radius 1 is 1.24 bits per heavy atom. The molecule has 0 heterocycles. The van der Waals surface area contributed by atoms with Gasteiger partial charge in [-0.15, -0.1) is 0 Å². The topological polar surface area (TPSA) is 21.3 Å². The molecule has 2 aromatic rings. The number of aryl methyl sites for hydroxylation is 1. The molecule has 2 nitrogen and oxygen atoms in total. The predicted octanol–water partition coefficient (Wildman–Crippen LogP) is 4.41. The van der Waals surface area contributed by atoms with Gasteiger partial charge in [0.2, 0.25) is 0 Å². The van der Waals surface area contributed by atoms with Crippen molar-refractivity contribution < 1.29 is 9.13 Å². The summed E-state index contributed by atoms with van der Waals surface area (Å²) in [6, 6.07) is 11.1. The van der Waals surface area contributed by atoms with Gasteiger partial charge in [-0.3, -0.25) is 0 Å². The van der Waals surface area contributed by atoms with Crippen LogP contribution >= 0.6 is 15.9 Å². The smallest absolute Gasteiger partial charge is 0.128 e. The monoisotopic (exact) mass is 351 g/mol. The van der Waals surface area contributed by atoms with Crippen molar-refractivity contribution in [3.8, 4) is 5.75 Å². The van der Waals surface area contributed by atoms with Gasteiger partial charge in [0, 0.05) is 16.1 Å². The largest absolute Gasteiger partial charge is 0.496 e. The fraction of sp³-hybridized carbons (Fsp3) is 0.294. The fourth-order valence-corrected chi connectivity index (χ4v) is 2.82. The van der Waals surface area contributed by atoms with E-state index in [2.05, 4.69) is 21.2 Å². The molecular weight excluding hydrogens is 333 g/mol. The van der Waals surface area contributed by atoms with Gasteiger partial charge in [0.1, 0.15) is 11.6 Å². The second kappa shape index (κ2) is 7.05. The molecule has 112 valence electrons. The van der Waals surface area contributed by atoms with Crippen LogP contribution in [-0.2, 0) is 6.42 Å². The highest BCUT2D eigenvalue weighted by atomic mass is 79.9. The maximum absolute atomic E-state index is 14.2. The molecule has 2 rings (SSSR count). The molecule has 0 bridgehead atoms. The van der Waals surface area contributed by atoms with Crippen molar-refractivity contribution >= 4 is 15.9 Å². The van der Waals surface area contributed by atoms with Gasteiger partial charge < -0.3 is 10.1 Å². The Labute approximate surface area is 133 Å². The quantitative estimate of drug-likeness (QED) is 0.861. The lowest BCUT2D eigenvalue weighted by Gasteiger charge is -2.19. The van der Waals surface area contributed by atoms with Gasteiger partial charge in [-0.1, -0.05) is 28.1 Å². The molecule has 0 fully saturated rings. The molecule has 0 aliphatic heterocycles. The zero-order valence-electron chi connectivity index (χ0n) is 12.4. The summed E-state index contributed by atoms with van der Waals surface area (Å²) in [6.07, 6.45) is 0.652. The highest BCUT2D eigenvalue weighted by Gasteiger charge is 2.17.